The molecule has 1 N–H and O–H groups in total. The zero-order valence-electron chi connectivity index (χ0n) is 14.9. The molecule has 3 aromatic rings. The number of hydrogen-bond acceptors (Lipinski definition) is 5. The Kier molecular flexibility index (Phi) is 3.88. The lowest BCUT2D eigenvalue weighted by Gasteiger charge is -2.34. The van der Waals surface area contributed by atoms with E-state index >= 15 is 0 Å². The predicted molar refractivity (Wildman–Crippen MR) is 100 cm³/mol. The molecule has 0 fully saturated rings. The van der Waals surface area contributed by atoms with Crippen molar-refractivity contribution in [3.05, 3.63) is 72.1 Å². The van der Waals surface area contributed by atoms with E-state index in [-0.39, 0.29) is 0 Å². The molecule has 1 atom stereocenters. The molecule has 2 aromatic carbocycles. The second kappa shape index (κ2) is 6.22. The average Bonchev–Trinajstić information content (AvgIpc) is 3.15. The van der Waals surface area contributed by atoms with Crippen molar-refractivity contribution in [1.82, 2.24) is 14.8 Å². The highest BCUT2D eigenvalue weighted by Gasteiger charge is 2.32. The molecule has 0 aliphatic carbocycles. The van der Waals surface area contributed by atoms with Gasteiger partial charge in [0.1, 0.15) is 17.8 Å². The van der Waals surface area contributed by atoms with Crippen molar-refractivity contribution in [2.24, 2.45) is 0 Å². The van der Waals surface area contributed by atoms with Crippen LogP contribution >= 0.6 is 0 Å². The highest BCUT2D eigenvalue weighted by atomic mass is 16.5. The Hall–Kier alpha value is -3.28. The third-order valence-corrected chi connectivity index (χ3v) is 4.65. The fourth-order valence-corrected chi connectivity index (χ4v) is 3.17. The van der Waals surface area contributed by atoms with E-state index in [0.29, 0.717) is 5.95 Å². The molecule has 1 aliphatic heterocycles. The molecule has 0 radical (unpaired) electrons. The Labute approximate surface area is 152 Å². The van der Waals surface area contributed by atoms with E-state index in [2.05, 4.69) is 40.5 Å². The van der Waals surface area contributed by atoms with E-state index in [1.165, 1.54) is 0 Å². The highest BCUT2D eigenvalue weighted by molar-refractivity contribution is 5.73. The van der Waals surface area contributed by atoms with Crippen LogP contribution in [-0.2, 0) is 5.54 Å². The minimum absolute atomic E-state index is 0.426. The van der Waals surface area contributed by atoms with Crippen LogP contribution in [0.2, 0.25) is 0 Å². The molecule has 0 amide bonds. The van der Waals surface area contributed by atoms with Crippen molar-refractivity contribution < 1.29 is 9.47 Å². The van der Waals surface area contributed by atoms with Gasteiger partial charge in [0.15, 0.2) is 0 Å². The minimum atomic E-state index is -0.426. The summed E-state index contributed by atoms with van der Waals surface area (Å²) in [5.74, 6) is 2.35. The lowest BCUT2D eigenvalue weighted by Crippen LogP contribution is -2.35. The molecular weight excluding hydrogens is 328 g/mol. The number of methoxy groups -OCH3 is 2. The molecule has 1 aliphatic rings. The summed E-state index contributed by atoms with van der Waals surface area (Å²) in [7, 11) is 3.33. The zero-order chi connectivity index (χ0) is 18.1. The van der Waals surface area contributed by atoms with Gasteiger partial charge in [-0.3, -0.25) is 0 Å². The Morgan fingerprint density at radius 2 is 1.54 bits per heavy atom. The first-order valence-corrected chi connectivity index (χ1v) is 8.33. The van der Waals surface area contributed by atoms with Crippen LogP contribution in [0.25, 0.3) is 5.70 Å². The van der Waals surface area contributed by atoms with Crippen molar-refractivity contribution in [3.8, 4) is 11.5 Å². The van der Waals surface area contributed by atoms with Gasteiger partial charge in [-0.25, -0.2) is 0 Å². The fraction of sp³-hybridized carbons (Fsp3) is 0.200. The molecular formula is C20H20N4O2. The summed E-state index contributed by atoms with van der Waals surface area (Å²) in [5, 5.41) is 7.84. The van der Waals surface area contributed by atoms with E-state index in [1.807, 2.05) is 41.1 Å². The number of fused-ring (bicyclic) bond motifs is 1. The van der Waals surface area contributed by atoms with Crippen molar-refractivity contribution >= 4 is 11.6 Å². The van der Waals surface area contributed by atoms with Crippen molar-refractivity contribution in [2.45, 2.75) is 12.5 Å². The number of benzene rings is 2. The van der Waals surface area contributed by atoms with Gasteiger partial charge in [-0.1, -0.05) is 12.1 Å². The van der Waals surface area contributed by atoms with Gasteiger partial charge in [0.25, 0.3) is 0 Å². The van der Waals surface area contributed by atoms with Gasteiger partial charge in [-0.2, -0.15) is 14.8 Å². The summed E-state index contributed by atoms with van der Waals surface area (Å²) in [6, 6.07) is 16.0. The molecule has 0 saturated heterocycles. The highest BCUT2D eigenvalue weighted by Crippen LogP contribution is 2.36. The molecule has 0 spiro atoms. The largest absolute Gasteiger partial charge is 0.497 e. The van der Waals surface area contributed by atoms with Crippen LogP contribution < -0.4 is 14.8 Å². The molecule has 1 aromatic heterocycles. The number of nitrogens with one attached hydrogen (secondary N) is 1. The lowest BCUT2D eigenvalue weighted by molar-refractivity contribution is 0.414. The molecule has 132 valence electrons. The van der Waals surface area contributed by atoms with Gasteiger partial charge < -0.3 is 14.8 Å². The Bertz CT molecular complexity index is 945. The maximum Gasteiger partial charge on any atom is 0.226 e. The van der Waals surface area contributed by atoms with Crippen molar-refractivity contribution in [2.75, 3.05) is 19.5 Å². The van der Waals surface area contributed by atoms with E-state index in [0.717, 1.165) is 28.3 Å². The number of nitrogens with zero attached hydrogens (tertiary/aromatic N) is 3. The minimum Gasteiger partial charge on any atom is -0.497 e. The van der Waals surface area contributed by atoms with Crippen LogP contribution in [0, 0.1) is 0 Å². The van der Waals surface area contributed by atoms with E-state index < -0.39 is 5.54 Å². The molecule has 0 bridgehead atoms. The Morgan fingerprint density at radius 1 is 0.923 bits per heavy atom. The lowest BCUT2D eigenvalue weighted by atomic mass is 9.88. The molecule has 2 heterocycles. The smallest absolute Gasteiger partial charge is 0.226 e. The first-order valence-electron chi connectivity index (χ1n) is 8.33. The maximum absolute atomic E-state index is 5.27. The van der Waals surface area contributed by atoms with E-state index in [4.69, 9.17) is 9.47 Å². The number of rotatable bonds is 4. The second-order valence-electron chi connectivity index (χ2n) is 6.31. The normalized spacial score (nSPS) is 18.5. The molecule has 6 nitrogen and oxygen atoms in total. The number of anilines is 1. The van der Waals surface area contributed by atoms with Crippen LogP contribution in [0.3, 0.4) is 0 Å². The SMILES string of the molecule is COc1ccc(C2=CC(C)(c3ccc(OC)cc3)Nc3ncnn32)cc1. The number of hydrogen-bond donors (Lipinski definition) is 1. The van der Waals surface area contributed by atoms with E-state index in [9.17, 15) is 0 Å². The number of aromatic nitrogens is 3. The molecule has 4 rings (SSSR count). The summed E-state index contributed by atoms with van der Waals surface area (Å²) in [6.07, 6.45) is 3.72. The number of ether oxygens (including phenoxy) is 2. The van der Waals surface area contributed by atoms with E-state index in [1.54, 1.807) is 20.5 Å². The molecule has 26 heavy (non-hydrogen) atoms. The maximum atomic E-state index is 5.27. The van der Waals surface area contributed by atoms with Crippen LogP contribution in [-0.4, -0.2) is 29.0 Å². The van der Waals surface area contributed by atoms with Gasteiger partial charge in [-0.15, -0.1) is 0 Å². The van der Waals surface area contributed by atoms with Crippen LogP contribution in [0.1, 0.15) is 18.1 Å². The quantitative estimate of drug-likeness (QED) is 0.782. The summed E-state index contributed by atoms with van der Waals surface area (Å²) < 4.78 is 12.3. The Balaban J connectivity index is 1.81. The van der Waals surface area contributed by atoms with Gasteiger partial charge in [0.05, 0.1) is 25.5 Å². The third-order valence-electron chi connectivity index (χ3n) is 4.65. The van der Waals surface area contributed by atoms with Crippen LogP contribution in [0.5, 0.6) is 11.5 Å². The Morgan fingerprint density at radius 3 is 2.15 bits per heavy atom. The van der Waals surface area contributed by atoms with Gasteiger partial charge in [-0.05, 0) is 55.0 Å². The van der Waals surface area contributed by atoms with Gasteiger partial charge in [0.2, 0.25) is 5.95 Å². The fourth-order valence-electron chi connectivity index (χ4n) is 3.17. The molecule has 6 heteroatoms. The van der Waals surface area contributed by atoms with Crippen LogP contribution in [0.4, 0.5) is 5.95 Å². The first kappa shape index (κ1) is 16.2. The van der Waals surface area contributed by atoms with Gasteiger partial charge in [0, 0.05) is 5.56 Å². The van der Waals surface area contributed by atoms with Crippen molar-refractivity contribution in [1.29, 1.82) is 0 Å². The average molecular weight is 348 g/mol. The van der Waals surface area contributed by atoms with Crippen LogP contribution in [0.15, 0.2) is 60.9 Å². The summed E-state index contributed by atoms with van der Waals surface area (Å²) in [5.41, 5.74) is 2.69. The van der Waals surface area contributed by atoms with Crippen molar-refractivity contribution in [3.63, 3.8) is 0 Å². The molecule has 0 saturated carbocycles. The monoisotopic (exact) mass is 348 g/mol. The first-order chi connectivity index (χ1) is 12.6. The zero-order valence-corrected chi connectivity index (χ0v) is 14.9. The van der Waals surface area contributed by atoms with Gasteiger partial charge >= 0.3 is 0 Å². The second-order valence-corrected chi connectivity index (χ2v) is 6.31. The summed E-state index contributed by atoms with van der Waals surface area (Å²) in [4.78, 5) is 4.37. The molecule has 1 unspecified atom stereocenters. The third kappa shape index (κ3) is 2.69. The topological polar surface area (TPSA) is 61.2 Å². The standard InChI is InChI=1S/C20H20N4O2/c1-20(15-6-10-17(26-3)11-7-15)12-18(24-19(23-20)21-13-22-24)14-4-8-16(25-2)9-5-14/h4-13H,1-3H3,(H,21,22,23). The summed E-state index contributed by atoms with van der Waals surface area (Å²) in [6.45, 7) is 2.12. The summed E-state index contributed by atoms with van der Waals surface area (Å²) >= 11 is 0. The predicted octanol–water partition coefficient (Wildman–Crippen LogP) is 3.53.